The summed E-state index contributed by atoms with van der Waals surface area (Å²) in [7, 11) is 0. The molecule has 0 aliphatic heterocycles. The number of hydrogen-bond donors (Lipinski definition) is 1. The van der Waals surface area contributed by atoms with Crippen LogP contribution in [0, 0.1) is 0 Å². The van der Waals surface area contributed by atoms with Crippen LogP contribution in [0.15, 0.2) is 18.2 Å². The number of unbranched alkanes of at least 4 members (excludes halogenated alkanes) is 6. The van der Waals surface area contributed by atoms with Crippen LogP contribution in [0.4, 0.5) is 0 Å². The van der Waals surface area contributed by atoms with Crippen molar-refractivity contribution >= 4 is 23.2 Å². The van der Waals surface area contributed by atoms with Gasteiger partial charge in [-0.05, 0) is 24.6 Å². The molecule has 1 atom stereocenters. The van der Waals surface area contributed by atoms with Gasteiger partial charge in [-0.15, -0.1) is 0 Å². The van der Waals surface area contributed by atoms with E-state index < -0.39 is 0 Å². The predicted molar refractivity (Wildman–Crippen MR) is 95.5 cm³/mol. The molecule has 0 saturated heterocycles. The van der Waals surface area contributed by atoms with E-state index in [2.05, 4.69) is 25.2 Å². The van der Waals surface area contributed by atoms with Crippen LogP contribution in [-0.4, -0.2) is 6.54 Å². The Balaban J connectivity index is 2.41. The molecule has 0 radical (unpaired) electrons. The topological polar surface area (TPSA) is 12.0 Å². The average molecular weight is 330 g/mol. The Labute approximate surface area is 140 Å². The van der Waals surface area contributed by atoms with Gasteiger partial charge < -0.3 is 5.32 Å². The van der Waals surface area contributed by atoms with E-state index in [4.69, 9.17) is 23.2 Å². The van der Waals surface area contributed by atoms with Crippen LogP contribution in [0.3, 0.4) is 0 Å². The molecule has 0 heterocycles. The third-order valence-corrected chi connectivity index (χ3v) is 4.74. The van der Waals surface area contributed by atoms with E-state index in [1.54, 1.807) is 0 Å². The maximum absolute atomic E-state index is 6.35. The zero-order valence-corrected chi connectivity index (χ0v) is 14.9. The molecule has 0 amide bonds. The fourth-order valence-electron chi connectivity index (χ4n) is 2.71. The molecule has 120 valence electrons. The second-order valence-electron chi connectivity index (χ2n) is 5.66. The normalized spacial score (nSPS) is 12.6. The molecule has 0 aromatic heterocycles. The number of rotatable bonds is 11. The molecule has 1 nitrogen and oxygen atoms in total. The Bertz CT molecular complexity index is 393. The smallest absolute Gasteiger partial charge is 0.0640 e. The van der Waals surface area contributed by atoms with E-state index in [0.717, 1.165) is 18.5 Å². The molecule has 0 spiro atoms. The highest BCUT2D eigenvalue weighted by Gasteiger charge is 2.14. The maximum Gasteiger partial charge on any atom is 0.0640 e. The zero-order valence-electron chi connectivity index (χ0n) is 13.4. The summed E-state index contributed by atoms with van der Waals surface area (Å²) in [5.41, 5.74) is 1.14. The standard InChI is InChI=1S/C18H29Cl2N/c1-3-5-6-7-8-9-10-14-17(21-4-2)15-12-11-13-16(19)18(15)20/h11-13,17,21H,3-10,14H2,1-2H3. The maximum atomic E-state index is 6.35. The van der Waals surface area contributed by atoms with Crippen molar-refractivity contribution in [3.8, 4) is 0 Å². The molecular formula is C18H29Cl2N. The Morgan fingerprint density at radius 3 is 2.29 bits per heavy atom. The Kier molecular flexibility index (Phi) is 10.2. The highest BCUT2D eigenvalue weighted by atomic mass is 35.5. The summed E-state index contributed by atoms with van der Waals surface area (Å²) >= 11 is 12.5. The van der Waals surface area contributed by atoms with Crippen LogP contribution in [0.2, 0.25) is 10.0 Å². The number of benzene rings is 1. The van der Waals surface area contributed by atoms with Gasteiger partial charge in [0.2, 0.25) is 0 Å². The Morgan fingerprint density at radius 1 is 0.952 bits per heavy atom. The van der Waals surface area contributed by atoms with E-state index in [0.29, 0.717) is 16.1 Å². The molecular weight excluding hydrogens is 301 g/mol. The summed E-state index contributed by atoms with van der Waals surface area (Å²) in [6.45, 7) is 5.34. The quantitative estimate of drug-likeness (QED) is 0.441. The first kappa shape index (κ1) is 18.8. The van der Waals surface area contributed by atoms with Gasteiger partial charge in [0, 0.05) is 6.04 Å². The largest absolute Gasteiger partial charge is 0.310 e. The first-order valence-electron chi connectivity index (χ1n) is 8.38. The van der Waals surface area contributed by atoms with Gasteiger partial charge in [-0.2, -0.15) is 0 Å². The molecule has 1 N–H and O–H groups in total. The van der Waals surface area contributed by atoms with E-state index in [9.17, 15) is 0 Å². The molecule has 0 aliphatic carbocycles. The summed E-state index contributed by atoms with van der Waals surface area (Å²) in [6.07, 6.45) is 10.5. The summed E-state index contributed by atoms with van der Waals surface area (Å²) in [6, 6.07) is 6.24. The van der Waals surface area contributed by atoms with Gasteiger partial charge in [0.05, 0.1) is 10.0 Å². The molecule has 0 saturated carbocycles. The van der Waals surface area contributed by atoms with Gasteiger partial charge >= 0.3 is 0 Å². The van der Waals surface area contributed by atoms with Crippen molar-refractivity contribution in [2.75, 3.05) is 6.54 Å². The average Bonchev–Trinajstić information content (AvgIpc) is 2.48. The van der Waals surface area contributed by atoms with Gasteiger partial charge in [-0.25, -0.2) is 0 Å². The molecule has 0 aliphatic rings. The molecule has 3 heteroatoms. The minimum Gasteiger partial charge on any atom is -0.310 e. The molecule has 1 rings (SSSR count). The summed E-state index contributed by atoms with van der Waals surface area (Å²) in [5, 5.41) is 4.89. The Hall–Kier alpha value is -0.240. The fourth-order valence-corrected chi connectivity index (χ4v) is 3.15. The van der Waals surface area contributed by atoms with E-state index in [1.165, 1.54) is 44.9 Å². The summed E-state index contributed by atoms with van der Waals surface area (Å²) < 4.78 is 0. The van der Waals surface area contributed by atoms with Gasteiger partial charge in [0.25, 0.3) is 0 Å². The van der Waals surface area contributed by atoms with Gasteiger partial charge in [0.15, 0.2) is 0 Å². The van der Waals surface area contributed by atoms with Crippen LogP contribution in [0.5, 0.6) is 0 Å². The molecule has 0 fully saturated rings. The summed E-state index contributed by atoms with van der Waals surface area (Å²) in [4.78, 5) is 0. The van der Waals surface area contributed by atoms with E-state index >= 15 is 0 Å². The highest BCUT2D eigenvalue weighted by molar-refractivity contribution is 6.42. The van der Waals surface area contributed by atoms with Crippen LogP contribution in [0.1, 0.15) is 76.8 Å². The van der Waals surface area contributed by atoms with Crippen molar-refractivity contribution in [1.29, 1.82) is 0 Å². The van der Waals surface area contributed by atoms with Gasteiger partial charge in [-0.1, -0.05) is 94.1 Å². The fraction of sp³-hybridized carbons (Fsp3) is 0.667. The number of hydrogen-bond acceptors (Lipinski definition) is 1. The second kappa shape index (κ2) is 11.3. The monoisotopic (exact) mass is 329 g/mol. The minimum atomic E-state index is 0.317. The van der Waals surface area contributed by atoms with E-state index in [1.807, 2.05) is 12.1 Å². The molecule has 1 unspecified atom stereocenters. The molecule has 1 aromatic carbocycles. The predicted octanol–water partition coefficient (Wildman–Crippen LogP) is 6.78. The first-order valence-corrected chi connectivity index (χ1v) is 9.13. The Morgan fingerprint density at radius 2 is 1.62 bits per heavy atom. The van der Waals surface area contributed by atoms with Crippen LogP contribution in [0.25, 0.3) is 0 Å². The number of halogens is 2. The SMILES string of the molecule is CCCCCCCCCC(NCC)c1cccc(Cl)c1Cl. The lowest BCUT2D eigenvalue weighted by molar-refractivity contribution is 0.476. The lowest BCUT2D eigenvalue weighted by atomic mass is 9.99. The van der Waals surface area contributed by atoms with Gasteiger partial charge in [0.1, 0.15) is 0 Å². The third kappa shape index (κ3) is 7.04. The molecule has 1 aromatic rings. The third-order valence-electron chi connectivity index (χ3n) is 3.90. The lowest BCUT2D eigenvalue weighted by Gasteiger charge is -2.20. The van der Waals surface area contributed by atoms with Crippen molar-refractivity contribution in [1.82, 2.24) is 5.32 Å². The zero-order chi connectivity index (χ0) is 15.5. The van der Waals surface area contributed by atoms with Crippen molar-refractivity contribution in [3.05, 3.63) is 33.8 Å². The summed E-state index contributed by atoms with van der Waals surface area (Å²) in [5.74, 6) is 0. The highest BCUT2D eigenvalue weighted by Crippen LogP contribution is 2.32. The number of nitrogens with one attached hydrogen (secondary N) is 1. The van der Waals surface area contributed by atoms with Crippen LogP contribution < -0.4 is 5.32 Å². The second-order valence-corrected chi connectivity index (χ2v) is 6.45. The van der Waals surface area contributed by atoms with Crippen LogP contribution in [-0.2, 0) is 0 Å². The minimum absolute atomic E-state index is 0.317. The molecule has 21 heavy (non-hydrogen) atoms. The van der Waals surface area contributed by atoms with E-state index in [-0.39, 0.29) is 0 Å². The van der Waals surface area contributed by atoms with Crippen molar-refractivity contribution < 1.29 is 0 Å². The first-order chi connectivity index (χ1) is 10.2. The van der Waals surface area contributed by atoms with Gasteiger partial charge in [-0.3, -0.25) is 0 Å². The molecule has 0 bridgehead atoms. The van der Waals surface area contributed by atoms with Crippen LogP contribution >= 0.6 is 23.2 Å². The lowest BCUT2D eigenvalue weighted by Crippen LogP contribution is -2.21. The van der Waals surface area contributed by atoms with Crippen molar-refractivity contribution in [2.45, 2.75) is 71.3 Å². The van der Waals surface area contributed by atoms with Crippen molar-refractivity contribution in [3.63, 3.8) is 0 Å². The van der Waals surface area contributed by atoms with Crippen molar-refractivity contribution in [2.24, 2.45) is 0 Å².